The number of rotatable bonds is 2. The number of allylic oxidation sites excluding steroid dienone is 1. The Kier molecular flexibility index (Phi) is 3.28. The molecule has 0 aliphatic carbocycles. The van der Waals surface area contributed by atoms with Crippen LogP contribution in [0, 0.1) is 0 Å². The molecule has 1 aromatic rings. The number of nitrogens with zero attached hydrogens (tertiary/aromatic N) is 3. The Morgan fingerprint density at radius 1 is 1.20 bits per heavy atom. The van der Waals surface area contributed by atoms with Crippen LogP contribution in [0.4, 0.5) is 5.95 Å². The smallest absolute Gasteiger partial charge is 0.224 e. The van der Waals surface area contributed by atoms with Gasteiger partial charge in [0.15, 0.2) is 9.84 Å². The van der Waals surface area contributed by atoms with Gasteiger partial charge in [0.1, 0.15) is 0 Å². The van der Waals surface area contributed by atoms with Gasteiger partial charge in [-0.15, -0.1) is 0 Å². The Bertz CT molecular complexity index is 635. The molecule has 0 spiro atoms. The lowest BCUT2D eigenvalue weighted by molar-refractivity contribution is 0.518. The SMILES string of the molecule is CN(C)c1ncc(C2=CC3CCCC(C2)S3(=O)=O)cn1. The van der Waals surface area contributed by atoms with Crippen molar-refractivity contribution in [2.24, 2.45) is 0 Å². The van der Waals surface area contributed by atoms with Crippen LogP contribution in [-0.2, 0) is 9.84 Å². The number of fused-ring (bicyclic) bond motifs is 2. The molecule has 1 saturated heterocycles. The summed E-state index contributed by atoms with van der Waals surface area (Å²) >= 11 is 0. The molecule has 3 heterocycles. The van der Waals surface area contributed by atoms with Gasteiger partial charge in [-0.3, -0.25) is 0 Å². The number of hydrogen-bond donors (Lipinski definition) is 0. The summed E-state index contributed by atoms with van der Waals surface area (Å²) in [6.07, 6.45) is 8.65. The second-order valence-corrected chi connectivity index (χ2v) is 8.19. The molecule has 2 bridgehead atoms. The summed E-state index contributed by atoms with van der Waals surface area (Å²) in [4.78, 5) is 10.5. The van der Waals surface area contributed by atoms with Crippen LogP contribution >= 0.6 is 0 Å². The molecule has 108 valence electrons. The molecule has 0 saturated carbocycles. The second-order valence-electron chi connectivity index (χ2n) is 5.74. The fourth-order valence-corrected chi connectivity index (χ4v) is 5.24. The van der Waals surface area contributed by atoms with Crippen molar-refractivity contribution in [1.29, 1.82) is 0 Å². The molecule has 0 radical (unpaired) electrons. The summed E-state index contributed by atoms with van der Waals surface area (Å²) in [5.74, 6) is 0.665. The molecular formula is C14H19N3O2S. The molecule has 2 aliphatic heterocycles. The van der Waals surface area contributed by atoms with Gasteiger partial charge in [0.05, 0.1) is 10.5 Å². The van der Waals surface area contributed by atoms with Crippen molar-refractivity contribution in [2.75, 3.05) is 19.0 Å². The van der Waals surface area contributed by atoms with Crippen LogP contribution in [0.15, 0.2) is 18.5 Å². The molecule has 2 aliphatic rings. The highest BCUT2D eigenvalue weighted by molar-refractivity contribution is 7.93. The zero-order valence-corrected chi connectivity index (χ0v) is 12.6. The zero-order valence-electron chi connectivity index (χ0n) is 11.8. The fraction of sp³-hybridized carbons (Fsp3) is 0.571. The molecule has 1 aromatic heterocycles. The lowest BCUT2D eigenvalue weighted by atomic mass is 9.95. The van der Waals surface area contributed by atoms with E-state index in [2.05, 4.69) is 9.97 Å². The normalized spacial score (nSPS) is 27.8. The second kappa shape index (κ2) is 4.84. The van der Waals surface area contributed by atoms with Gasteiger partial charge >= 0.3 is 0 Å². The highest BCUT2D eigenvalue weighted by atomic mass is 32.2. The first-order valence-corrected chi connectivity index (χ1v) is 8.52. The van der Waals surface area contributed by atoms with E-state index in [0.29, 0.717) is 12.4 Å². The van der Waals surface area contributed by atoms with Crippen molar-refractivity contribution in [2.45, 2.75) is 36.2 Å². The Labute approximate surface area is 119 Å². The van der Waals surface area contributed by atoms with Gasteiger partial charge in [0.25, 0.3) is 0 Å². The Balaban J connectivity index is 1.93. The summed E-state index contributed by atoms with van der Waals surface area (Å²) in [5, 5.41) is -0.520. The lowest BCUT2D eigenvalue weighted by Crippen LogP contribution is -2.38. The first-order valence-electron chi connectivity index (χ1n) is 6.91. The molecule has 2 atom stereocenters. The monoisotopic (exact) mass is 293 g/mol. The molecule has 2 unspecified atom stereocenters. The van der Waals surface area contributed by atoms with Crippen molar-refractivity contribution in [3.8, 4) is 0 Å². The number of sulfone groups is 1. The van der Waals surface area contributed by atoms with Crippen LogP contribution in [0.2, 0.25) is 0 Å². The predicted molar refractivity (Wildman–Crippen MR) is 79.3 cm³/mol. The van der Waals surface area contributed by atoms with Crippen LogP contribution in [0.5, 0.6) is 0 Å². The molecule has 6 heteroatoms. The van der Waals surface area contributed by atoms with E-state index in [-0.39, 0.29) is 10.5 Å². The van der Waals surface area contributed by atoms with E-state index >= 15 is 0 Å². The van der Waals surface area contributed by atoms with Crippen LogP contribution < -0.4 is 4.90 Å². The van der Waals surface area contributed by atoms with Crippen LogP contribution in [0.25, 0.3) is 5.57 Å². The molecular weight excluding hydrogens is 274 g/mol. The third-order valence-corrected chi connectivity index (χ3v) is 6.69. The largest absolute Gasteiger partial charge is 0.347 e. The standard InChI is InChI=1S/C14H19N3O2S/c1-17(2)14-15-8-11(9-16-14)10-6-12-4-3-5-13(7-10)20(12,18)19/h6,8-9,12-13H,3-5,7H2,1-2H3. The maximum Gasteiger partial charge on any atom is 0.224 e. The number of anilines is 1. The van der Waals surface area contributed by atoms with E-state index in [4.69, 9.17) is 0 Å². The Morgan fingerprint density at radius 2 is 1.90 bits per heavy atom. The first kappa shape index (κ1) is 13.5. The predicted octanol–water partition coefficient (Wildman–Crippen LogP) is 1.67. The fourth-order valence-electron chi connectivity index (χ4n) is 2.99. The van der Waals surface area contributed by atoms with Gasteiger partial charge in [-0.1, -0.05) is 12.5 Å². The molecule has 5 nitrogen and oxygen atoms in total. The van der Waals surface area contributed by atoms with Gasteiger partial charge in [-0.2, -0.15) is 0 Å². The van der Waals surface area contributed by atoms with Crippen LogP contribution in [0.1, 0.15) is 31.2 Å². The quantitative estimate of drug-likeness (QED) is 0.830. The highest BCUT2D eigenvalue weighted by Gasteiger charge is 2.40. The summed E-state index contributed by atoms with van der Waals surface area (Å²) in [6.45, 7) is 0. The highest BCUT2D eigenvalue weighted by Crippen LogP contribution is 2.38. The van der Waals surface area contributed by atoms with E-state index < -0.39 is 9.84 Å². The van der Waals surface area contributed by atoms with E-state index in [1.54, 1.807) is 12.4 Å². The topological polar surface area (TPSA) is 63.2 Å². The molecule has 0 N–H and O–H groups in total. The Morgan fingerprint density at radius 3 is 2.50 bits per heavy atom. The van der Waals surface area contributed by atoms with Crippen LogP contribution in [-0.4, -0.2) is 43.0 Å². The molecule has 0 aromatic carbocycles. The number of aromatic nitrogens is 2. The number of hydrogen-bond acceptors (Lipinski definition) is 5. The Hall–Kier alpha value is -1.43. The van der Waals surface area contributed by atoms with Crippen molar-refractivity contribution < 1.29 is 8.42 Å². The van der Waals surface area contributed by atoms with Crippen molar-refractivity contribution in [3.05, 3.63) is 24.0 Å². The average Bonchev–Trinajstić information content (AvgIpc) is 2.37. The van der Waals surface area contributed by atoms with Crippen molar-refractivity contribution in [3.63, 3.8) is 0 Å². The minimum absolute atomic E-state index is 0.213. The maximum atomic E-state index is 12.2. The summed E-state index contributed by atoms with van der Waals surface area (Å²) in [6, 6.07) is 0. The summed E-state index contributed by atoms with van der Waals surface area (Å²) < 4.78 is 24.5. The van der Waals surface area contributed by atoms with Gasteiger partial charge in [0, 0.05) is 32.1 Å². The van der Waals surface area contributed by atoms with Gasteiger partial charge in [-0.05, 0) is 24.8 Å². The van der Waals surface area contributed by atoms with Gasteiger partial charge in [0.2, 0.25) is 5.95 Å². The minimum Gasteiger partial charge on any atom is -0.347 e. The molecule has 3 rings (SSSR count). The van der Waals surface area contributed by atoms with Crippen molar-refractivity contribution in [1.82, 2.24) is 9.97 Å². The first-order chi connectivity index (χ1) is 9.48. The summed E-state index contributed by atoms with van der Waals surface area (Å²) in [5.41, 5.74) is 2.03. The summed E-state index contributed by atoms with van der Waals surface area (Å²) in [7, 11) is 0.836. The maximum absolute atomic E-state index is 12.2. The van der Waals surface area contributed by atoms with Crippen molar-refractivity contribution >= 4 is 21.4 Å². The molecule has 0 amide bonds. The third-order valence-electron chi connectivity index (χ3n) is 4.15. The minimum atomic E-state index is -2.95. The molecule has 20 heavy (non-hydrogen) atoms. The van der Waals surface area contributed by atoms with E-state index in [9.17, 15) is 8.42 Å². The molecule has 1 fully saturated rings. The van der Waals surface area contributed by atoms with E-state index in [1.807, 2.05) is 25.1 Å². The van der Waals surface area contributed by atoms with Crippen LogP contribution in [0.3, 0.4) is 0 Å². The average molecular weight is 293 g/mol. The van der Waals surface area contributed by atoms with Gasteiger partial charge in [-0.25, -0.2) is 18.4 Å². The third kappa shape index (κ3) is 2.22. The zero-order chi connectivity index (χ0) is 14.3. The van der Waals surface area contributed by atoms with Gasteiger partial charge < -0.3 is 4.90 Å². The van der Waals surface area contributed by atoms with E-state index in [1.165, 1.54) is 0 Å². The van der Waals surface area contributed by atoms with E-state index in [0.717, 1.165) is 30.4 Å². The lowest BCUT2D eigenvalue weighted by Gasteiger charge is -2.33.